The summed E-state index contributed by atoms with van der Waals surface area (Å²) in [6, 6.07) is 9.32. The number of likely N-dealkylation sites (tertiary alicyclic amines) is 1. The van der Waals surface area contributed by atoms with Crippen LogP contribution in [0.5, 0.6) is 5.75 Å². The molecule has 0 atom stereocenters. The van der Waals surface area contributed by atoms with E-state index in [0.29, 0.717) is 25.2 Å². The lowest BCUT2D eigenvalue weighted by atomic mass is 10.1. The summed E-state index contributed by atoms with van der Waals surface area (Å²) in [7, 11) is 3.34. The van der Waals surface area contributed by atoms with E-state index in [1.54, 1.807) is 28.4 Å². The molecule has 0 spiro atoms. The molecule has 0 saturated carbocycles. The zero-order valence-corrected chi connectivity index (χ0v) is 17.1. The highest BCUT2D eigenvalue weighted by molar-refractivity contribution is 7.07. The molecule has 1 aromatic carbocycles. The van der Waals surface area contributed by atoms with Crippen molar-refractivity contribution >= 4 is 23.2 Å². The molecule has 0 unspecified atom stereocenters. The number of thiophene rings is 1. The van der Waals surface area contributed by atoms with Crippen LogP contribution in [0.4, 0.5) is 0 Å². The summed E-state index contributed by atoms with van der Waals surface area (Å²) in [6.45, 7) is 2.08. The lowest BCUT2D eigenvalue weighted by Crippen LogP contribution is -2.43. The van der Waals surface area contributed by atoms with Crippen LogP contribution in [0.3, 0.4) is 0 Å². The van der Waals surface area contributed by atoms with E-state index >= 15 is 0 Å². The first-order valence-corrected chi connectivity index (χ1v) is 10.3. The van der Waals surface area contributed by atoms with E-state index < -0.39 is 0 Å². The zero-order chi connectivity index (χ0) is 19.9. The molecule has 3 rings (SSSR count). The van der Waals surface area contributed by atoms with Crippen molar-refractivity contribution in [3.8, 4) is 5.75 Å². The van der Waals surface area contributed by atoms with Crippen LogP contribution < -0.4 is 4.74 Å². The Hall–Kier alpha value is -2.38. The fourth-order valence-electron chi connectivity index (χ4n) is 3.26. The monoisotopic (exact) mass is 402 g/mol. The molecule has 0 bridgehead atoms. The zero-order valence-electron chi connectivity index (χ0n) is 16.3. The molecule has 0 radical (unpaired) electrons. The lowest BCUT2D eigenvalue weighted by molar-refractivity contribution is -0.136. The number of nitrogens with zero attached hydrogens (tertiary/aromatic N) is 2. The van der Waals surface area contributed by atoms with Gasteiger partial charge in [-0.25, -0.2) is 0 Å². The van der Waals surface area contributed by atoms with Crippen molar-refractivity contribution in [2.75, 3.05) is 33.9 Å². The van der Waals surface area contributed by atoms with E-state index in [4.69, 9.17) is 9.47 Å². The van der Waals surface area contributed by atoms with E-state index in [0.717, 1.165) is 24.2 Å². The first-order chi connectivity index (χ1) is 13.6. The SMILES string of the molecule is COCC(=O)N1CCC(Oc2ccc(C(=O)N(C)Cc3ccsc3)cc2)CC1. The highest BCUT2D eigenvalue weighted by atomic mass is 32.1. The maximum Gasteiger partial charge on any atom is 0.253 e. The Morgan fingerprint density at radius 3 is 2.50 bits per heavy atom. The number of carbonyl (C=O) groups is 2. The van der Waals surface area contributed by atoms with Crippen molar-refractivity contribution in [1.29, 1.82) is 0 Å². The molecule has 0 N–H and O–H groups in total. The van der Waals surface area contributed by atoms with Crippen molar-refractivity contribution in [3.05, 3.63) is 52.2 Å². The van der Waals surface area contributed by atoms with Crippen molar-refractivity contribution < 1.29 is 19.1 Å². The van der Waals surface area contributed by atoms with Crippen LogP contribution in [0.25, 0.3) is 0 Å². The van der Waals surface area contributed by atoms with Gasteiger partial charge in [-0.2, -0.15) is 11.3 Å². The Kier molecular flexibility index (Phi) is 7.06. The normalized spacial score (nSPS) is 14.7. The van der Waals surface area contributed by atoms with E-state index in [-0.39, 0.29) is 24.5 Å². The second-order valence-corrected chi connectivity index (χ2v) is 7.73. The average Bonchev–Trinajstić information content (AvgIpc) is 3.22. The molecule has 0 aliphatic carbocycles. The fraction of sp³-hybridized carbons (Fsp3) is 0.429. The highest BCUT2D eigenvalue weighted by Gasteiger charge is 2.23. The molecular weight excluding hydrogens is 376 g/mol. The summed E-state index contributed by atoms with van der Waals surface area (Å²) in [4.78, 5) is 27.9. The second-order valence-electron chi connectivity index (χ2n) is 6.95. The van der Waals surface area contributed by atoms with Crippen LogP contribution in [-0.2, 0) is 16.1 Å². The third-order valence-electron chi connectivity index (χ3n) is 4.81. The number of benzene rings is 1. The van der Waals surface area contributed by atoms with E-state index in [9.17, 15) is 9.59 Å². The van der Waals surface area contributed by atoms with Gasteiger partial charge in [-0.05, 0) is 46.7 Å². The molecule has 2 heterocycles. The van der Waals surface area contributed by atoms with Crippen molar-refractivity contribution in [3.63, 3.8) is 0 Å². The highest BCUT2D eigenvalue weighted by Crippen LogP contribution is 2.20. The summed E-state index contributed by atoms with van der Waals surface area (Å²) in [6.07, 6.45) is 1.66. The molecule has 28 heavy (non-hydrogen) atoms. The number of ether oxygens (including phenoxy) is 2. The van der Waals surface area contributed by atoms with Gasteiger partial charge in [0.05, 0.1) is 0 Å². The lowest BCUT2D eigenvalue weighted by Gasteiger charge is -2.32. The average molecular weight is 403 g/mol. The predicted molar refractivity (Wildman–Crippen MR) is 109 cm³/mol. The molecule has 1 aliphatic heterocycles. The number of rotatable bonds is 7. The van der Waals surface area contributed by atoms with Crippen molar-refractivity contribution in [1.82, 2.24) is 9.80 Å². The second kappa shape index (κ2) is 9.71. The molecule has 6 nitrogen and oxygen atoms in total. The van der Waals surface area contributed by atoms with Gasteiger partial charge in [0.25, 0.3) is 5.91 Å². The Labute approximate surface area is 169 Å². The molecule has 1 aromatic heterocycles. The molecule has 1 fully saturated rings. The maximum absolute atomic E-state index is 12.6. The molecular formula is C21H26N2O4S. The van der Waals surface area contributed by atoms with Crippen molar-refractivity contribution in [2.45, 2.75) is 25.5 Å². The minimum atomic E-state index is -0.0114. The molecule has 1 aliphatic rings. The van der Waals surface area contributed by atoms with Gasteiger partial charge in [0.15, 0.2) is 0 Å². The molecule has 2 aromatic rings. The number of hydrogen-bond acceptors (Lipinski definition) is 5. The van der Waals surface area contributed by atoms with E-state index in [2.05, 4.69) is 5.38 Å². The van der Waals surface area contributed by atoms with Gasteiger partial charge in [-0.3, -0.25) is 9.59 Å². The number of carbonyl (C=O) groups excluding carboxylic acids is 2. The third-order valence-corrected chi connectivity index (χ3v) is 5.55. The summed E-state index contributed by atoms with van der Waals surface area (Å²) in [5.74, 6) is 0.761. The maximum atomic E-state index is 12.6. The number of amides is 2. The number of piperidine rings is 1. The number of methoxy groups -OCH3 is 1. The van der Waals surface area contributed by atoms with Crippen LogP contribution >= 0.6 is 11.3 Å². The van der Waals surface area contributed by atoms with Crippen molar-refractivity contribution in [2.24, 2.45) is 0 Å². The standard InChI is InChI=1S/C21H26N2O4S/c1-22(13-16-9-12-28-15-16)21(25)17-3-5-18(6-4-17)27-19-7-10-23(11-8-19)20(24)14-26-2/h3-6,9,12,15,19H,7-8,10-11,13-14H2,1-2H3. The van der Waals surface area contributed by atoms with Gasteiger partial charge < -0.3 is 19.3 Å². The Bertz CT molecular complexity index is 768. The van der Waals surface area contributed by atoms with Crippen LogP contribution in [-0.4, -0.2) is 61.6 Å². The molecule has 1 saturated heterocycles. The van der Waals surface area contributed by atoms with Gasteiger partial charge >= 0.3 is 0 Å². The van der Waals surface area contributed by atoms with E-state index in [1.807, 2.05) is 35.5 Å². The van der Waals surface area contributed by atoms with Crippen LogP contribution in [0, 0.1) is 0 Å². The number of hydrogen-bond donors (Lipinski definition) is 0. The van der Waals surface area contributed by atoms with Crippen LogP contribution in [0.1, 0.15) is 28.8 Å². The quantitative estimate of drug-likeness (QED) is 0.714. The summed E-state index contributed by atoms with van der Waals surface area (Å²) in [5.41, 5.74) is 1.78. The largest absolute Gasteiger partial charge is 0.490 e. The Balaban J connectivity index is 1.49. The summed E-state index contributed by atoms with van der Waals surface area (Å²) < 4.78 is 10.9. The smallest absolute Gasteiger partial charge is 0.253 e. The van der Waals surface area contributed by atoms with Gasteiger partial charge in [0.1, 0.15) is 18.5 Å². The molecule has 150 valence electrons. The van der Waals surface area contributed by atoms with Gasteiger partial charge in [-0.15, -0.1) is 0 Å². The minimum Gasteiger partial charge on any atom is -0.490 e. The first kappa shape index (κ1) is 20.4. The summed E-state index contributed by atoms with van der Waals surface area (Å²) >= 11 is 1.63. The third kappa shape index (κ3) is 5.33. The van der Waals surface area contributed by atoms with Crippen LogP contribution in [0.2, 0.25) is 0 Å². The van der Waals surface area contributed by atoms with Gasteiger partial charge in [0.2, 0.25) is 5.91 Å². The first-order valence-electron chi connectivity index (χ1n) is 9.37. The molecule has 7 heteroatoms. The summed E-state index contributed by atoms with van der Waals surface area (Å²) in [5, 5.41) is 4.06. The topological polar surface area (TPSA) is 59.1 Å². The predicted octanol–water partition coefficient (Wildman–Crippen LogP) is 3.04. The van der Waals surface area contributed by atoms with Gasteiger partial charge in [0, 0.05) is 52.2 Å². The van der Waals surface area contributed by atoms with Crippen LogP contribution in [0.15, 0.2) is 41.1 Å². The minimum absolute atomic E-state index is 0.0114. The molecule has 2 amide bonds. The Morgan fingerprint density at radius 2 is 1.89 bits per heavy atom. The fourth-order valence-corrected chi connectivity index (χ4v) is 3.91. The van der Waals surface area contributed by atoms with E-state index in [1.165, 1.54) is 7.11 Å². The van der Waals surface area contributed by atoms with Gasteiger partial charge in [-0.1, -0.05) is 0 Å². The Morgan fingerprint density at radius 1 is 1.18 bits per heavy atom.